The molecule has 1 atom stereocenters. The van der Waals surface area contributed by atoms with Crippen LogP contribution in [-0.2, 0) is 6.54 Å². The second-order valence-electron chi connectivity index (χ2n) is 5.24. The smallest absolute Gasteiger partial charge is 0.0351 e. The molecule has 0 aliphatic carbocycles. The van der Waals surface area contributed by atoms with Crippen molar-refractivity contribution in [2.24, 2.45) is 0 Å². The predicted molar refractivity (Wildman–Crippen MR) is 94.1 cm³/mol. The van der Waals surface area contributed by atoms with Gasteiger partial charge in [-0.1, -0.05) is 30.3 Å². The summed E-state index contributed by atoms with van der Waals surface area (Å²) >= 11 is 3.63. The van der Waals surface area contributed by atoms with E-state index in [1.807, 2.05) is 11.3 Å². The Balaban J connectivity index is 1.64. The van der Waals surface area contributed by atoms with Gasteiger partial charge in [0.25, 0.3) is 0 Å². The Morgan fingerprint density at radius 1 is 1.10 bits per heavy atom. The van der Waals surface area contributed by atoms with E-state index in [1.54, 1.807) is 11.3 Å². The van der Waals surface area contributed by atoms with E-state index >= 15 is 0 Å². The van der Waals surface area contributed by atoms with Gasteiger partial charge in [0.1, 0.15) is 0 Å². The largest absolute Gasteiger partial charge is 0.305 e. The molecule has 1 unspecified atom stereocenters. The van der Waals surface area contributed by atoms with E-state index < -0.39 is 0 Å². The molecule has 0 aliphatic heterocycles. The van der Waals surface area contributed by atoms with Crippen molar-refractivity contribution in [2.45, 2.75) is 26.4 Å². The highest BCUT2D eigenvalue weighted by molar-refractivity contribution is 7.14. The third kappa shape index (κ3) is 3.43. The molecule has 0 saturated heterocycles. The van der Waals surface area contributed by atoms with Gasteiger partial charge in [-0.2, -0.15) is 0 Å². The quantitative estimate of drug-likeness (QED) is 0.643. The minimum absolute atomic E-state index is 0.374. The maximum absolute atomic E-state index is 3.63. The Morgan fingerprint density at radius 2 is 1.95 bits per heavy atom. The first-order valence-electron chi connectivity index (χ1n) is 7.14. The van der Waals surface area contributed by atoms with E-state index in [1.165, 1.54) is 26.4 Å². The van der Waals surface area contributed by atoms with Crippen LogP contribution in [0.25, 0.3) is 10.4 Å². The molecular weight excluding hydrogens is 294 g/mol. The first-order chi connectivity index (χ1) is 10.2. The van der Waals surface area contributed by atoms with E-state index in [0.29, 0.717) is 6.04 Å². The Labute approximate surface area is 134 Å². The zero-order valence-electron chi connectivity index (χ0n) is 12.3. The number of hydrogen-bond acceptors (Lipinski definition) is 3. The summed E-state index contributed by atoms with van der Waals surface area (Å²) in [5.74, 6) is 0. The molecule has 0 spiro atoms. The lowest BCUT2D eigenvalue weighted by atomic mass is 10.0. The lowest BCUT2D eigenvalue weighted by Crippen LogP contribution is -2.18. The maximum Gasteiger partial charge on any atom is 0.0351 e. The first-order valence-corrected chi connectivity index (χ1v) is 8.90. The summed E-state index contributed by atoms with van der Waals surface area (Å²) in [5.41, 5.74) is 4.07. The molecule has 108 valence electrons. The van der Waals surface area contributed by atoms with Crippen LogP contribution in [0.1, 0.15) is 29.0 Å². The van der Waals surface area contributed by atoms with Crippen LogP contribution >= 0.6 is 22.7 Å². The lowest BCUT2D eigenvalue weighted by Gasteiger charge is -2.15. The summed E-state index contributed by atoms with van der Waals surface area (Å²) in [5, 5.41) is 8.01. The van der Waals surface area contributed by atoms with Gasteiger partial charge in [-0.05, 0) is 47.9 Å². The number of rotatable bonds is 5. The molecule has 0 amide bonds. The van der Waals surface area contributed by atoms with E-state index in [0.717, 1.165) is 6.54 Å². The summed E-state index contributed by atoms with van der Waals surface area (Å²) in [4.78, 5) is 2.74. The van der Waals surface area contributed by atoms with Crippen molar-refractivity contribution in [3.63, 3.8) is 0 Å². The Kier molecular flexibility index (Phi) is 4.54. The molecule has 0 aliphatic rings. The second-order valence-corrected chi connectivity index (χ2v) is 7.18. The van der Waals surface area contributed by atoms with E-state index in [2.05, 4.69) is 72.4 Å². The summed E-state index contributed by atoms with van der Waals surface area (Å²) in [7, 11) is 0. The summed E-state index contributed by atoms with van der Waals surface area (Å²) in [6, 6.07) is 15.5. The second kappa shape index (κ2) is 6.56. The van der Waals surface area contributed by atoms with Gasteiger partial charge in [0.2, 0.25) is 0 Å². The fraction of sp³-hybridized carbons (Fsp3) is 0.222. The number of benzene rings is 1. The van der Waals surface area contributed by atoms with E-state index in [9.17, 15) is 0 Å². The van der Waals surface area contributed by atoms with Crippen molar-refractivity contribution >= 4 is 22.7 Å². The van der Waals surface area contributed by atoms with Crippen LogP contribution in [0.15, 0.2) is 53.2 Å². The molecule has 3 heteroatoms. The minimum Gasteiger partial charge on any atom is -0.305 e. The molecule has 21 heavy (non-hydrogen) atoms. The van der Waals surface area contributed by atoms with Crippen LogP contribution in [0.5, 0.6) is 0 Å². The molecule has 1 aromatic carbocycles. The zero-order valence-corrected chi connectivity index (χ0v) is 13.9. The van der Waals surface area contributed by atoms with Crippen LogP contribution < -0.4 is 5.32 Å². The third-order valence-electron chi connectivity index (χ3n) is 3.70. The fourth-order valence-electron chi connectivity index (χ4n) is 2.48. The van der Waals surface area contributed by atoms with Gasteiger partial charge in [0.05, 0.1) is 0 Å². The predicted octanol–water partition coefficient (Wildman–Crippen LogP) is 5.64. The van der Waals surface area contributed by atoms with E-state index in [-0.39, 0.29) is 0 Å². The standard InChI is InChI=1S/C18H19NS2/c1-13-6-3-4-7-17(13)14(2)19-11-16-10-15(12-21-16)18-8-5-9-20-18/h3-10,12,14,19H,11H2,1-2H3. The van der Waals surface area contributed by atoms with Crippen LogP contribution in [0.3, 0.4) is 0 Å². The highest BCUT2D eigenvalue weighted by Crippen LogP contribution is 2.29. The zero-order chi connectivity index (χ0) is 14.7. The number of hydrogen-bond donors (Lipinski definition) is 1. The number of thiophene rings is 2. The monoisotopic (exact) mass is 313 g/mol. The Hall–Kier alpha value is -1.42. The van der Waals surface area contributed by atoms with Gasteiger partial charge in [-0.25, -0.2) is 0 Å². The molecule has 1 nitrogen and oxygen atoms in total. The number of nitrogens with one attached hydrogen (secondary N) is 1. The average Bonchev–Trinajstić information content (AvgIpc) is 3.16. The van der Waals surface area contributed by atoms with Gasteiger partial charge in [0.15, 0.2) is 0 Å². The lowest BCUT2D eigenvalue weighted by molar-refractivity contribution is 0.576. The third-order valence-corrected chi connectivity index (χ3v) is 5.55. The van der Waals surface area contributed by atoms with Gasteiger partial charge >= 0.3 is 0 Å². The molecule has 2 heterocycles. The van der Waals surface area contributed by atoms with Gasteiger partial charge in [-0.15, -0.1) is 22.7 Å². The van der Waals surface area contributed by atoms with Crippen molar-refractivity contribution in [1.82, 2.24) is 5.32 Å². The average molecular weight is 313 g/mol. The highest BCUT2D eigenvalue weighted by atomic mass is 32.1. The van der Waals surface area contributed by atoms with Gasteiger partial charge < -0.3 is 5.32 Å². The molecule has 3 rings (SSSR count). The highest BCUT2D eigenvalue weighted by Gasteiger charge is 2.08. The SMILES string of the molecule is Cc1ccccc1C(C)NCc1cc(-c2cccs2)cs1. The molecule has 0 bridgehead atoms. The van der Waals surface area contributed by atoms with Crippen molar-refractivity contribution in [1.29, 1.82) is 0 Å². The van der Waals surface area contributed by atoms with Crippen molar-refractivity contribution in [3.8, 4) is 10.4 Å². The molecule has 0 radical (unpaired) electrons. The Morgan fingerprint density at radius 3 is 2.71 bits per heavy atom. The Bertz CT molecular complexity index is 698. The van der Waals surface area contributed by atoms with Crippen LogP contribution in [0.4, 0.5) is 0 Å². The van der Waals surface area contributed by atoms with Crippen molar-refractivity contribution in [3.05, 3.63) is 69.2 Å². The van der Waals surface area contributed by atoms with Crippen LogP contribution in [0.2, 0.25) is 0 Å². The first kappa shape index (κ1) is 14.5. The van der Waals surface area contributed by atoms with E-state index in [4.69, 9.17) is 0 Å². The van der Waals surface area contributed by atoms with Crippen molar-refractivity contribution < 1.29 is 0 Å². The van der Waals surface area contributed by atoms with Gasteiger partial charge in [0, 0.05) is 27.9 Å². The van der Waals surface area contributed by atoms with Crippen LogP contribution in [0, 0.1) is 6.92 Å². The normalized spacial score (nSPS) is 12.5. The summed E-state index contributed by atoms with van der Waals surface area (Å²) in [6.07, 6.45) is 0. The number of aryl methyl sites for hydroxylation is 1. The molecule has 0 fully saturated rings. The summed E-state index contributed by atoms with van der Waals surface area (Å²) < 4.78 is 0. The molecule has 0 saturated carbocycles. The molecule has 3 aromatic rings. The maximum atomic E-state index is 3.63. The minimum atomic E-state index is 0.374. The fourth-order valence-corrected chi connectivity index (χ4v) is 4.11. The van der Waals surface area contributed by atoms with Crippen molar-refractivity contribution in [2.75, 3.05) is 0 Å². The topological polar surface area (TPSA) is 12.0 Å². The molecular formula is C18H19NS2. The molecule has 2 aromatic heterocycles. The van der Waals surface area contributed by atoms with Crippen LogP contribution in [-0.4, -0.2) is 0 Å². The molecule has 1 N–H and O–H groups in total. The van der Waals surface area contributed by atoms with Gasteiger partial charge in [-0.3, -0.25) is 0 Å². The summed E-state index contributed by atoms with van der Waals surface area (Å²) in [6.45, 7) is 5.33.